The number of carbonyl (C=O) groups is 2. The summed E-state index contributed by atoms with van der Waals surface area (Å²) in [4.78, 5) is 30.4. The lowest BCUT2D eigenvalue weighted by Gasteiger charge is -2.40. The highest BCUT2D eigenvalue weighted by Gasteiger charge is 2.60. The Bertz CT molecular complexity index is 1940. The van der Waals surface area contributed by atoms with Crippen molar-refractivity contribution in [2.75, 3.05) is 32.7 Å². The van der Waals surface area contributed by atoms with Crippen LogP contribution in [0.1, 0.15) is 64.0 Å². The average Bonchev–Trinajstić information content (AvgIpc) is 3.09. The average molecular weight is 759 g/mol. The minimum absolute atomic E-state index is 0.131. The first-order valence-electron chi connectivity index (χ1n) is 18.3. The number of aryl methyl sites for hydroxylation is 1. The van der Waals surface area contributed by atoms with Gasteiger partial charge < -0.3 is 10.8 Å². The van der Waals surface area contributed by atoms with E-state index in [0.717, 1.165) is 58.0 Å². The molecule has 3 aromatic carbocycles. The van der Waals surface area contributed by atoms with Crippen molar-refractivity contribution >= 4 is 33.4 Å². The van der Waals surface area contributed by atoms with Crippen LogP contribution in [0.15, 0.2) is 66.9 Å². The number of amides is 1. The number of alkyl halides is 6. The molecule has 13 heteroatoms. The van der Waals surface area contributed by atoms with Crippen molar-refractivity contribution in [3.63, 3.8) is 0 Å². The minimum atomic E-state index is -4.83. The molecular weight excluding hydrogens is 710 g/mol. The van der Waals surface area contributed by atoms with Gasteiger partial charge in [-0.2, -0.15) is 26.3 Å². The minimum Gasteiger partial charge on any atom is -0.481 e. The molecule has 3 N–H and O–H groups in total. The molecule has 0 saturated carbocycles. The molecule has 54 heavy (non-hydrogen) atoms. The molecule has 1 aromatic heterocycles. The van der Waals surface area contributed by atoms with E-state index in [9.17, 15) is 41.0 Å². The normalized spacial score (nSPS) is 17.6. The first kappa shape index (κ1) is 40.9. The number of fused-ring (bicyclic) bond motifs is 2. The number of carboxylic acids is 1. The number of nitrogens with zero attached hydrogens (tertiary/aromatic N) is 3. The third kappa shape index (κ3) is 9.52. The molecule has 6 rings (SSSR count). The summed E-state index contributed by atoms with van der Waals surface area (Å²) in [7, 11) is 0. The van der Waals surface area contributed by atoms with Gasteiger partial charge in [-0.3, -0.25) is 24.4 Å². The molecule has 3 heterocycles. The van der Waals surface area contributed by atoms with Gasteiger partial charge in [0.05, 0.1) is 12.2 Å². The lowest BCUT2D eigenvalue weighted by Crippen LogP contribution is -2.56. The second kappa shape index (κ2) is 16.2. The fraction of sp³-hybridized carbons (Fsp3) is 0.488. The van der Waals surface area contributed by atoms with E-state index in [0.29, 0.717) is 11.8 Å². The predicted octanol–water partition coefficient (Wildman–Crippen LogP) is 9.01. The van der Waals surface area contributed by atoms with E-state index in [4.69, 9.17) is 10.7 Å². The number of primary amides is 1. The van der Waals surface area contributed by atoms with Gasteiger partial charge in [-0.05, 0) is 103 Å². The van der Waals surface area contributed by atoms with Crippen LogP contribution in [0.25, 0.3) is 32.8 Å². The van der Waals surface area contributed by atoms with E-state index in [-0.39, 0.29) is 6.42 Å². The molecule has 2 saturated heterocycles. The Labute approximate surface area is 311 Å². The van der Waals surface area contributed by atoms with E-state index in [2.05, 4.69) is 74.2 Å². The van der Waals surface area contributed by atoms with Gasteiger partial charge in [-0.25, -0.2) is 0 Å². The summed E-state index contributed by atoms with van der Waals surface area (Å²) in [6, 6.07) is 21.2. The molecule has 0 unspecified atom stereocenters. The lowest BCUT2D eigenvalue weighted by molar-refractivity contribution is -0.234. The molecule has 0 spiro atoms. The van der Waals surface area contributed by atoms with E-state index in [1.807, 2.05) is 18.3 Å². The zero-order valence-corrected chi connectivity index (χ0v) is 30.9. The van der Waals surface area contributed by atoms with Crippen LogP contribution >= 0.6 is 0 Å². The first-order chi connectivity index (χ1) is 25.3. The van der Waals surface area contributed by atoms with Crippen LogP contribution < -0.4 is 5.73 Å². The molecule has 0 atom stereocenters. The quantitative estimate of drug-likeness (QED) is 0.174. The van der Waals surface area contributed by atoms with Gasteiger partial charge in [0.2, 0.25) is 5.91 Å². The van der Waals surface area contributed by atoms with Crippen molar-refractivity contribution < 1.29 is 41.0 Å². The lowest BCUT2D eigenvalue weighted by atomic mass is 9.75. The third-order valence-corrected chi connectivity index (χ3v) is 11.1. The molecule has 2 aliphatic heterocycles. The Morgan fingerprint density at radius 3 is 1.94 bits per heavy atom. The Morgan fingerprint density at radius 2 is 1.37 bits per heavy atom. The number of benzene rings is 3. The van der Waals surface area contributed by atoms with Crippen LogP contribution in [0, 0.1) is 16.7 Å². The highest BCUT2D eigenvalue weighted by Crippen LogP contribution is 2.46. The number of carboxylic acid groups (broad SMARTS) is 1. The number of aliphatic carboxylic acids is 1. The second-order valence-corrected chi connectivity index (χ2v) is 15.6. The molecule has 0 radical (unpaired) electrons. The fourth-order valence-corrected chi connectivity index (χ4v) is 7.88. The van der Waals surface area contributed by atoms with Crippen LogP contribution in [-0.2, 0) is 22.6 Å². The Kier molecular flexibility index (Phi) is 12.3. The molecule has 0 bridgehead atoms. The number of hydrogen-bond donors (Lipinski definition) is 2. The Hall–Kier alpha value is -4.23. The SMILES string of the molecule is CC(C)(C)C1CCN(Cc2cccc3c(-c4cccc5c(CCC(=O)O)cccc45)nccc23)CC1.NC(=O)C1(C(F)(F)F)CCN(CC(F)(F)F)CC1. The number of aromatic nitrogens is 1. The van der Waals surface area contributed by atoms with Crippen LogP contribution in [0.2, 0.25) is 0 Å². The van der Waals surface area contributed by atoms with Crippen LogP contribution in [0.5, 0.6) is 0 Å². The maximum absolute atomic E-state index is 12.8. The summed E-state index contributed by atoms with van der Waals surface area (Å²) in [5.41, 5.74) is 6.95. The van der Waals surface area contributed by atoms with Gasteiger partial charge >= 0.3 is 18.3 Å². The molecule has 7 nitrogen and oxygen atoms in total. The summed E-state index contributed by atoms with van der Waals surface area (Å²) >= 11 is 0. The predicted molar refractivity (Wildman–Crippen MR) is 198 cm³/mol. The molecule has 292 valence electrons. The van der Waals surface area contributed by atoms with Crippen molar-refractivity contribution in [2.45, 2.75) is 78.2 Å². The smallest absolute Gasteiger partial charge is 0.403 e. The standard InChI is InChI=1S/C32H36N2O2.C9H12F6N2O/c1-32(2,3)24-16-19-34(20-17-24)21-23-8-5-11-28-26(23)15-18-33-31(28)29-12-6-9-25-22(13-14-30(35)36)7-4-10-27(25)29;10-8(11,12)5-17-3-1-7(2-4-17,6(16)18)9(13,14)15/h4-12,15,18,24H,13-14,16-17,19-21H2,1-3H3,(H,35,36);1-5H2,(H2,16,18). The summed E-state index contributed by atoms with van der Waals surface area (Å²) in [6.45, 7) is 8.19. The summed E-state index contributed by atoms with van der Waals surface area (Å²) < 4.78 is 74.5. The monoisotopic (exact) mass is 758 g/mol. The maximum Gasteiger partial charge on any atom is 0.403 e. The van der Waals surface area contributed by atoms with E-state index < -0.39 is 62.1 Å². The molecular formula is C41H48F6N4O3. The van der Waals surface area contributed by atoms with Crippen molar-refractivity contribution in [3.8, 4) is 11.3 Å². The molecule has 4 aromatic rings. The molecule has 2 aliphatic rings. The topological polar surface area (TPSA) is 99.8 Å². The summed E-state index contributed by atoms with van der Waals surface area (Å²) in [5.74, 6) is -1.50. The number of pyridine rings is 1. The van der Waals surface area contributed by atoms with E-state index >= 15 is 0 Å². The number of nitrogens with two attached hydrogens (primary N) is 1. The van der Waals surface area contributed by atoms with Gasteiger partial charge in [0.1, 0.15) is 5.41 Å². The van der Waals surface area contributed by atoms with Gasteiger partial charge in [0.25, 0.3) is 0 Å². The van der Waals surface area contributed by atoms with E-state index in [1.165, 1.54) is 29.2 Å². The van der Waals surface area contributed by atoms with Crippen LogP contribution in [0.3, 0.4) is 0 Å². The highest BCUT2D eigenvalue weighted by molar-refractivity contribution is 6.05. The molecule has 2 fully saturated rings. The molecule has 0 aliphatic carbocycles. The first-order valence-corrected chi connectivity index (χ1v) is 18.3. The molecule has 1 amide bonds. The van der Waals surface area contributed by atoms with Gasteiger partial charge in [-0.1, -0.05) is 75.4 Å². The van der Waals surface area contributed by atoms with Crippen molar-refractivity contribution in [1.82, 2.24) is 14.8 Å². The van der Waals surface area contributed by atoms with Crippen LogP contribution in [-0.4, -0.2) is 76.8 Å². The largest absolute Gasteiger partial charge is 0.481 e. The number of hydrogen-bond acceptors (Lipinski definition) is 5. The van der Waals surface area contributed by atoms with Crippen molar-refractivity contribution in [2.24, 2.45) is 22.5 Å². The van der Waals surface area contributed by atoms with Gasteiger partial charge in [0.15, 0.2) is 0 Å². The maximum atomic E-state index is 12.8. The second-order valence-electron chi connectivity index (χ2n) is 15.6. The zero-order chi connectivity index (χ0) is 39.5. The fourth-order valence-electron chi connectivity index (χ4n) is 7.88. The third-order valence-electron chi connectivity index (χ3n) is 11.1. The Morgan fingerprint density at radius 1 is 0.796 bits per heavy atom. The van der Waals surface area contributed by atoms with Gasteiger partial charge in [0, 0.05) is 30.1 Å². The summed E-state index contributed by atoms with van der Waals surface area (Å²) in [6.07, 6.45) is -5.65. The highest BCUT2D eigenvalue weighted by atomic mass is 19.4. The zero-order valence-electron chi connectivity index (χ0n) is 30.9. The van der Waals surface area contributed by atoms with Gasteiger partial charge in [-0.15, -0.1) is 0 Å². The number of halogens is 6. The number of likely N-dealkylation sites (tertiary alicyclic amines) is 2. The van der Waals surface area contributed by atoms with Crippen molar-refractivity contribution in [1.29, 1.82) is 0 Å². The Balaban J connectivity index is 0.000000263. The number of carbonyl (C=O) groups excluding carboxylic acids is 1. The number of rotatable bonds is 8. The number of piperidine rings is 2. The van der Waals surface area contributed by atoms with Crippen molar-refractivity contribution in [3.05, 3.63) is 78.0 Å². The van der Waals surface area contributed by atoms with E-state index in [1.54, 1.807) is 0 Å². The van der Waals surface area contributed by atoms with Crippen LogP contribution in [0.4, 0.5) is 26.3 Å². The summed E-state index contributed by atoms with van der Waals surface area (Å²) in [5, 5.41) is 13.8.